The fraction of sp³-hybridized carbons (Fsp3) is 0.417. The molecule has 0 atom stereocenters. The number of aromatic amines is 1. The Morgan fingerprint density at radius 2 is 1.75 bits per heavy atom. The van der Waals surface area contributed by atoms with Crippen molar-refractivity contribution in [3.05, 3.63) is 59.8 Å². The number of pyridine rings is 1. The summed E-state index contributed by atoms with van der Waals surface area (Å²) in [5.41, 5.74) is 3.86. The maximum absolute atomic E-state index is 4.83. The van der Waals surface area contributed by atoms with Crippen LogP contribution in [0.2, 0.25) is 0 Å². The average molecular weight is 431 g/mol. The molecular formula is C24H30N8. The predicted molar refractivity (Wildman–Crippen MR) is 124 cm³/mol. The first kappa shape index (κ1) is 21.8. The third kappa shape index (κ3) is 5.25. The molecule has 4 rings (SSSR count). The molecule has 0 unspecified atom stereocenters. The van der Waals surface area contributed by atoms with Crippen LogP contribution in [0, 0.1) is 0 Å². The molecule has 0 radical (unpaired) electrons. The van der Waals surface area contributed by atoms with E-state index in [4.69, 9.17) is 15.1 Å². The molecule has 3 aromatic heterocycles. The Kier molecular flexibility index (Phi) is 7.32. The summed E-state index contributed by atoms with van der Waals surface area (Å²) in [4.78, 5) is 9.56. The third-order valence-corrected chi connectivity index (χ3v) is 5.50. The van der Waals surface area contributed by atoms with Gasteiger partial charge >= 0.3 is 0 Å². The van der Waals surface area contributed by atoms with Crippen molar-refractivity contribution in [2.45, 2.75) is 65.3 Å². The molecule has 0 aliphatic rings. The summed E-state index contributed by atoms with van der Waals surface area (Å²) in [6, 6.07) is 12.1. The number of tetrazole rings is 1. The van der Waals surface area contributed by atoms with Crippen LogP contribution < -0.4 is 0 Å². The molecule has 8 nitrogen and oxygen atoms in total. The van der Waals surface area contributed by atoms with Gasteiger partial charge in [0.15, 0.2) is 5.82 Å². The molecule has 32 heavy (non-hydrogen) atoms. The zero-order valence-electron chi connectivity index (χ0n) is 18.8. The molecule has 0 aliphatic heterocycles. The summed E-state index contributed by atoms with van der Waals surface area (Å²) in [5.74, 6) is 2.60. The van der Waals surface area contributed by atoms with E-state index in [-0.39, 0.29) is 0 Å². The van der Waals surface area contributed by atoms with Crippen LogP contribution in [0.1, 0.15) is 63.2 Å². The topological polar surface area (TPSA) is 98.1 Å². The molecule has 0 aliphatic carbocycles. The highest BCUT2D eigenvalue weighted by Gasteiger charge is 2.13. The second-order valence-corrected chi connectivity index (χ2v) is 8.00. The zero-order valence-corrected chi connectivity index (χ0v) is 18.8. The molecule has 0 spiro atoms. The maximum atomic E-state index is 4.83. The van der Waals surface area contributed by atoms with Crippen LogP contribution >= 0.6 is 0 Å². The molecule has 0 bridgehead atoms. The number of H-pyrrole nitrogens is 1. The van der Waals surface area contributed by atoms with Gasteiger partial charge < -0.3 is 0 Å². The Morgan fingerprint density at radius 1 is 0.906 bits per heavy atom. The molecule has 1 N–H and O–H groups in total. The van der Waals surface area contributed by atoms with Crippen molar-refractivity contribution in [3.63, 3.8) is 0 Å². The minimum Gasteiger partial charge on any atom is -0.256 e. The standard InChI is InChI=1S/C24H30N8/c1-3-5-7-13-23-26-22(12-6-4-2)29-32(23)17-18-14-15-21(25-16-18)19-10-8-9-11-20(19)24-27-30-31-28-24/h8-11,14-16H,3-7,12-13,17H2,1-2H3,(H,27,28,30,31). The molecule has 0 fully saturated rings. The van der Waals surface area contributed by atoms with Crippen molar-refractivity contribution in [2.75, 3.05) is 0 Å². The van der Waals surface area contributed by atoms with Crippen molar-refractivity contribution in [1.82, 2.24) is 40.4 Å². The maximum Gasteiger partial charge on any atom is 0.205 e. The van der Waals surface area contributed by atoms with E-state index < -0.39 is 0 Å². The SMILES string of the molecule is CCCCCc1nc(CCCC)nn1Cc1ccc(-c2ccccc2-c2nn[nH]n2)nc1. The number of rotatable bonds is 11. The quantitative estimate of drug-likeness (QED) is 0.348. The van der Waals surface area contributed by atoms with Crippen molar-refractivity contribution < 1.29 is 0 Å². The number of unbranched alkanes of at least 4 members (excludes halogenated alkanes) is 3. The molecule has 1 aromatic carbocycles. The fourth-order valence-electron chi connectivity index (χ4n) is 3.74. The number of nitrogens with one attached hydrogen (secondary N) is 1. The number of hydrogen-bond acceptors (Lipinski definition) is 6. The van der Waals surface area contributed by atoms with Crippen molar-refractivity contribution >= 4 is 0 Å². The first-order chi connectivity index (χ1) is 15.8. The lowest BCUT2D eigenvalue weighted by Crippen LogP contribution is -2.08. The zero-order chi connectivity index (χ0) is 22.2. The summed E-state index contributed by atoms with van der Waals surface area (Å²) in [6.07, 6.45) is 9.66. The van der Waals surface area contributed by atoms with Crippen LogP contribution in [0.3, 0.4) is 0 Å². The van der Waals surface area contributed by atoms with Gasteiger partial charge in [0.25, 0.3) is 0 Å². The van der Waals surface area contributed by atoms with Gasteiger partial charge in [0.05, 0.1) is 12.2 Å². The lowest BCUT2D eigenvalue weighted by Gasteiger charge is -2.08. The van der Waals surface area contributed by atoms with Gasteiger partial charge in [-0.1, -0.05) is 63.4 Å². The summed E-state index contributed by atoms with van der Waals surface area (Å²) < 4.78 is 2.06. The van der Waals surface area contributed by atoms with Gasteiger partial charge in [0, 0.05) is 30.2 Å². The van der Waals surface area contributed by atoms with E-state index in [9.17, 15) is 0 Å². The van der Waals surface area contributed by atoms with E-state index in [1.54, 1.807) is 0 Å². The molecule has 166 valence electrons. The summed E-state index contributed by atoms with van der Waals surface area (Å²) in [7, 11) is 0. The predicted octanol–water partition coefficient (Wildman–Crippen LogP) is 4.64. The Balaban J connectivity index is 1.54. The minimum absolute atomic E-state index is 0.561. The molecule has 8 heteroatoms. The normalized spacial score (nSPS) is 11.2. The van der Waals surface area contributed by atoms with E-state index in [2.05, 4.69) is 45.2 Å². The number of nitrogens with zero attached hydrogens (tertiary/aromatic N) is 7. The summed E-state index contributed by atoms with van der Waals surface area (Å²) in [6.45, 7) is 5.10. The number of benzene rings is 1. The van der Waals surface area contributed by atoms with Gasteiger partial charge in [-0.25, -0.2) is 9.67 Å². The number of aryl methyl sites for hydroxylation is 2. The molecule has 3 heterocycles. The summed E-state index contributed by atoms with van der Waals surface area (Å²) >= 11 is 0. The van der Waals surface area contributed by atoms with Gasteiger partial charge in [0.1, 0.15) is 5.82 Å². The molecular weight excluding hydrogens is 400 g/mol. The Hall–Kier alpha value is -3.42. The van der Waals surface area contributed by atoms with E-state index in [0.717, 1.165) is 66.1 Å². The van der Waals surface area contributed by atoms with Crippen molar-refractivity contribution in [3.8, 4) is 22.6 Å². The van der Waals surface area contributed by atoms with Gasteiger partial charge in [-0.05, 0) is 29.7 Å². The van der Waals surface area contributed by atoms with E-state index in [1.165, 1.54) is 12.8 Å². The largest absolute Gasteiger partial charge is 0.256 e. The molecule has 0 amide bonds. The smallest absolute Gasteiger partial charge is 0.205 e. The van der Waals surface area contributed by atoms with Crippen LogP contribution in [-0.4, -0.2) is 40.4 Å². The molecule has 0 saturated heterocycles. The van der Waals surface area contributed by atoms with Gasteiger partial charge in [-0.3, -0.25) is 4.98 Å². The highest BCUT2D eigenvalue weighted by atomic mass is 15.5. The molecule has 4 aromatic rings. The number of hydrogen-bond donors (Lipinski definition) is 1. The van der Waals surface area contributed by atoms with E-state index >= 15 is 0 Å². The monoisotopic (exact) mass is 430 g/mol. The van der Waals surface area contributed by atoms with Crippen LogP contribution in [0.25, 0.3) is 22.6 Å². The molecule has 0 saturated carbocycles. The number of aromatic nitrogens is 8. The highest BCUT2D eigenvalue weighted by molar-refractivity contribution is 5.78. The second-order valence-electron chi connectivity index (χ2n) is 8.00. The summed E-state index contributed by atoms with van der Waals surface area (Å²) in [5, 5.41) is 19.2. The lowest BCUT2D eigenvalue weighted by molar-refractivity contribution is 0.602. The van der Waals surface area contributed by atoms with Crippen LogP contribution in [-0.2, 0) is 19.4 Å². The highest BCUT2D eigenvalue weighted by Crippen LogP contribution is 2.28. The van der Waals surface area contributed by atoms with Crippen LogP contribution in [0.5, 0.6) is 0 Å². The van der Waals surface area contributed by atoms with E-state index in [0.29, 0.717) is 12.4 Å². The third-order valence-electron chi connectivity index (χ3n) is 5.50. The fourth-order valence-corrected chi connectivity index (χ4v) is 3.74. The van der Waals surface area contributed by atoms with Crippen LogP contribution in [0.15, 0.2) is 42.6 Å². The Labute approximate surface area is 188 Å². The van der Waals surface area contributed by atoms with Gasteiger partial charge in [0.2, 0.25) is 5.82 Å². The minimum atomic E-state index is 0.561. The Morgan fingerprint density at radius 3 is 2.47 bits per heavy atom. The van der Waals surface area contributed by atoms with Crippen molar-refractivity contribution in [2.24, 2.45) is 0 Å². The Bertz CT molecular complexity index is 1100. The van der Waals surface area contributed by atoms with Crippen molar-refractivity contribution in [1.29, 1.82) is 0 Å². The van der Waals surface area contributed by atoms with Gasteiger partial charge in [-0.15, -0.1) is 10.2 Å². The van der Waals surface area contributed by atoms with Crippen LogP contribution in [0.4, 0.5) is 0 Å². The second kappa shape index (κ2) is 10.7. The first-order valence-electron chi connectivity index (χ1n) is 11.5. The lowest BCUT2D eigenvalue weighted by atomic mass is 10.0. The van der Waals surface area contributed by atoms with Gasteiger partial charge in [-0.2, -0.15) is 10.3 Å². The average Bonchev–Trinajstić information content (AvgIpc) is 3.49. The first-order valence-corrected chi connectivity index (χ1v) is 11.5. The van der Waals surface area contributed by atoms with E-state index in [1.807, 2.05) is 36.5 Å².